The number of carbonyl (C=O) groups excluding carboxylic acids is 1. The Morgan fingerprint density at radius 3 is 2.88 bits per heavy atom. The van der Waals surface area contributed by atoms with Crippen LogP contribution in [0.15, 0.2) is 6.33 Å². The van der Waals surface area contributed by atoms with Crippen LogP contribution >= 0.6 is 11.6 Å². The summed E-state index contributed by atoms with van der Waals surface area (Å²) in [5.41, 5.74) is 3.30. The molecule has 1 aromatic rings. The third kappa shape index (κ3) is 2.46. The van der Waals surface area contributed by atoms with Crippen molar-refractivity contribution in [2.75, 3.05) is 31.7 Å². The Labute approximate surface area is 97.5 Å². The van der Waals surface area contributed by atoms with Crippen LogP contribution in [0, 0.1) is 0 Å². The summed E-state index contributed by atoms with van der Waals surface area (Å²) in [6, 6.07) is 0. The lowest BCUT2D eigenvalue weighted by molar-refractivity contribution is 0.0494. The van der Waals surface area contributed by atoms with Crippen molar-refractivity contribution in [1.82, 2.24) is 15.0 Å². The van der Waals surface area contributed by atoms with Crippen LogP contribution in [0.2, 0.25) is 5.15 Å². The Bertz CT molecular complexity index is 382. The van der Waals surface area contributed by atoms with Gasteiger partial charge in [0.1, 0.15) is 11.5 Å². The average molecular weight is 243 g/mol. The lowest BCUT2D eigenvalue weighted by Crippen LogP contribution is -2.40. The van der Waals surface area contributed by atoms with E-state index in [2.05, 4.69) is 15.4 Å². The fraction of sp³-hybridized carbons (Fsp3) is 0.444. The molecule has 0 aromatic carbocycles. The predicted octanol–water partition coefficient (Wildman–Crippen LogP) is 0.602. The number of aldehydes is 1. The van der Waals surface area contributed by atoms with Gasteiger partial charge in [-0.15, -0.1) is 0 Å². The number of rotatable bonds is 3. The van der Waals surface area contributed by atoms with Crippen molar-refractivity contribution in [2.45, 2.75) is 0 Å². The highest BCUT2D eigenvalue weighted by molar-refractivity contribution is 6.32. The van der Waals surface area contributed by atoms with E-state index in [1.165, 1.54) is 6.33 Å². The number of nitrogens with zero attached hydrogens (tertiary/aromatic N) is 3. The molecule has 0 saturated carbocycles. The van der Waals surface area contributed by atoms with E-state index in [9.17, 15) is 4.79 Å². The molecule has 2 rings (SSSR count). The summed E-state index contributed by atoms with van der Waals surface area (Å²) >= 11 is 5.78. The molecule has 1 N–H and O–H groups in total. The molecule has 0 aliphatic carbocycles. The number of hydrogen-bond donors (Lipinski definition) is 1. The maximum Gasteiger partial charge on any atom is 0.156 e. The van der Waals surface area contributed by atoms with Gasteiger partial charge in [-0.05, 0) is 0 Å². The van der Waals surface area contributed by atoms with Crippen LogP contribution in [0.1, 0.15) is 10.4 Å². The summed E-state index contributed by atoms with van der Waals surface area (Å²) in [4.78, 5) is 18.6. The van der Waals surface area contributed by atoms with Crippen molar-refractivity contribution in [3.63, 3.8) is 0 Å². The molecular weight excluding hydrogens is 232 g/mol. The van der Waals surface area contributed by atoms with Gasteiger partial charge in [-0.2, -0.15) is 0 Å². The maximum atomic E-state index is 10.8. The molecule has 0 atom stereocenters. The van der Waals surface area contributed by atoms with Crippen molar-refractivity contribution >= 4 is 23.7 Å². The topological polar surface area (TPSA) is 67.4 Å². The molecule has 1 saturated heterocycles. The highest BCUT2D eigenvalue weighted by Gasteiger charge is 2.14. The van der Waals surface area contributed by atoms with Gasteiger partial charge in [-0.1, -0.05) is 11.6 Å². The van der Waals surface area contributed by atoms with E-state index in [1.807, 2.05) is 5.01 Å². The standard InChI is InChI=1S/C9H11ClN4O2/c10-8-7(5-15)9(12-6-11-8)13-14-1-3-16-4-2-14/h5-6H,1-4H2,(H,11,12,13). The second-order valence-electron chi connectivity index (χ2n) is 3.26. The molecule has 0 amide bonds. The molecule has 1 aliphatic heterocycles. The maximum absolute atomic E-state index is 10.8. The van der Waals surface area contributed by atoms with Crippen molar-refractivity contribution < 1.29 is 9.53 Å². The Balaban J connectivity index is 2.13. The summed E-state index contributed by atoms with van der Waals surface area (Å²) in [5.74, 6) is 0.428. The minimum Gasteiger partial charge on any atom is -0.379 e. The molecule has 0 unspecified atom stereocenters. The number of morpholine rings is 1. The Hall–Kier alpha value is -1.24. The third-order valence-corrected chi connectivity index (χ3v) is 2.53. The fourth-order valence-electron chi connectivity index (χ4n) is 1.39. The Morgan fingerprint density at radius 2 is 2.19 bits per heavy atom. The first-order valence-electron chi connectivity index (χ1n) is 4.86. The molecule has 0 spiro atoms. The summed E-state index contributed by atoms with van der Waals surface area (Å²) in [6.07, 6.45) is 1.96. The van der Waals surface area contributed by atoms with Crippen LogP contribution in [0.3, 0.4) is 0 Å². The molecule has 0 radical (unpaired) electrons. The first-order valence-corrected chi connectivity index (χ1v) is 5.24. The summed E-state index contributed by atoms with van der Waals surface area (Å²) in [5, 5.41) is 2.08. The van der Waals surface area contributed by atoms with Crippen LogP contribution in [0.25, 0.3) is 0 Å². The summed E-state index contributed by atoms with van der Waals surface area (Å²) in [7, 11) is 0. The van der Waals surface area contributed by atoms with E-state index in [0.717, 1.165) is 13.1 Å². The van der Waals surface area contributed by atoms with Gasteiger partial charge in [-0.3, -0.25) is 4.79 Å². The summed E-state index contributed by atoms with van der Waals surface area (Å²) < 4.78 is 5.21. The zero-order valence-electron chi connectivity index (χ0n) is 8.52. The highest BCUT2D eigenvalue weighted by atomic mass is 35.5. The van der Waals surface area contributed by atoms with Gasteiger partial charge in [0.2, 0.25) is 0 Å². The van der Waals surface area contributed by atoms with E-state index in [4.69, 9.17) is 16.3 Å². The third-order valence-electron chi connectivity index (χ3n) is 2.23. The van der Waals surface area contributed by atoms with Gasteiger partial charge in [0.05, 0.1) is 18.8 Å². The molecule has 1 aliphatic rings. The van der Waals surface area contributed by atoms with Gasteiger partial charge in [-0.25, -0.2) is 15.0 Å². The lowest BCUT2D eigenvalue weighted by atomic mass is 10.3. The Morgan fingerprint density at radius 1 is 1.44 bits per heavy atom. The molecule has 16 heavy (non-hydrogen) atoms. The fourth-order valence-corrected chi connectivity index (χ4v) is 1.57. The quantitative estimate of drug-likeness (QED) is 0.619. The molecule has 7 heteroatoms. The van der Waals surface area contributed by atoms with Crippen LogP contribution < -0.4 is 5.43 Å². The van der Waals surface area contributed by atoms with Crippen molar-refractivity contribution in [2.24, 2.45) is 0 Å². The minimum atomic E-state index is 0.153. The molecule has 2 heterocycles. The van der Waals surface area contributed by atoms with Gasteiger partial charge < -0.3 is 10.2 Å². The molecule has 1 fully saturated rings. The normalized spacial score (nSPS) is 17.1. The van der Waals surface area contributed by atoms with E-state index in [0.29, 0.717) is 25.3 Å². The van der Waals surface area contributed by atoms with E-state index < -0.39 is 0 Å². The number of nitrogens with one attached hydrogen (secondary N) is 1. The predicted molar refractivity (Wildman–Crippen MR) is 58.4 cm³/mol. The van der Waals surface area contributed by atoms with Gasteiger partial charge in [0.15, 0.2) is 12.1 Å². The van der Waals surface area contributed by atoms with E-state index >= 15 is 0 Å². The number of ether oxygens (including phenoxy) is 1. The lowest BCUT2D eigenvalue weighted by Gasteiger charge is -2.27. The zero-order chi connectivity index (χ0) is 11.4. The van der Waals surface area contributed by atoms with Crippen LogP contribution in [-0.4, -0.2) is 47.6 Å². The zero-order valence-corrected chi connectivity index (χ0v) is 9.28. The number of halogens is 1. The number of anilines is 1. The Kier molecular flexibility index (Phi) is 3.66. The molecule has 0 bridgehead atoms. The second kappa shape index (κ2) is 5.20. The molecular formula is C9H11ClN4O2. The molecule has 6 nitrogen and oxygen atoms in total. The van der Waals surface area contributed by atoms with Gasteiger partial charge >= 0.3 is 0 Å². The van der Waals surface area contributed by atoms with Crippen LogP contribution in [0.4, 0.5) is 5.82 Å². The minimum absolute atomic E-state index is 0.153. The summed E-state index contributed by atoms with van der Waals surface area (Å²) in [6.45, 7) is 2.78. The van der Waals surface area contributed by atoms with Gasteiger partial charge in [0, 0.05) is 13.1 Å². The van der Waals surface area contributed by atoms with Crippen molar-refractivity contribution in [3.05, 3.63) is 17.0 Å². The number of hydrogen-bond acceptors (Lipinski definition) is 6. The van der Waals surface area contributed by atoms with Crippen molar-refractivity contribution in [1.29, 1.82) is 0 Å². The average Bonchev–Trinajstić information content (AvgIpc) is 2.31. The SMILES string of the molecule is O=Cc1c(Cl)ncnc1NN1CCOCC1. The number of aromatic nitrogens is 2. The largest absolute Gasteiger partial charge is 0.379 e. The van der Waals surface area contributed by atoms with Crippen LogP contribution in [0.5, 0.6) is 0 Å². The first kappa shape index (κ1) is 11.3. The second-order valence-corrected chi connectivity index (χ2v) is 3.61. The first-order chi connectivity index (χ1) is 7.81. The van der Waals surface area contributed by atoms with Gasteiger partial charge in [0.25, 0.3) is 0 Å². The van der Waals surface area contributed by atoms with Crippen LogP contribution in [-0.2, 0) is 4.74 Å². The number of carbonyl (C=O) groups is 1. The smallest absolute Gasteiger partial charge is 0.156 e. The number of hydrazine groups is 1. The van der Waals surface area contributed by atoms with E-state index in [-0.39, 0.29) is 10.7 Å². The highest BCUT2D eigenvalue weighted by Crippen LogP contribution is 2.17. The molecule has 1 aromatic heterocycles. The molecule has 86 valence electrons. The monoisotopic (exact) mass is 242 g/mol. The van der Waals surface area contributed by atoms with E-state index in [1.54, 1.807) is 0 Å². The van der Waals surface area contributed by atoms with Crippen molar-refractivity contribution in [3.8, 4) is 0 Å².